The van der Waals surface area contributed by atoms with E-state index in [2.05, 4.69) is 0 Å². The molecular weight excluding hydrogens is 278 g/mol. The molecule has 4 N–H and O–H groups in total. The predicted molar refractivity (Wildman–Crippen MR) is 78.2 cm³/mol. The number of rotatable bonds is 6. The van der Waals surface area contributed by atoms with Crippen molar-refractivity contribution >= 4 is 23.6 Å². The first-order valence-electron chi connectivity index (χ1n) is 7.11. The Morgan fingerprint density at radius 2 is 2.20 bits per heavy atom. The van der Waals surface area contributed by atoms with E-state index in [1.54, 1.807) is 0 Å². The van der Waals surface area contributed by atoms with E-state index in [-0.39, 0.29) is 24.5 Å². The van der Waals surface area contributed by atoms with Crippen molar-refractivity contribution in [3.8, 4) is 0 Å². The fraction of sp³-hybridized carbons (Fsp3) is 0.846. The van der Waals surface area contributed by atoms with Gasteiger partial charge in [0.15, 0.2) is 0 Å². The summed E-state index contributed by atoms with van der Waals surface area (Å²) >= 11 is 1.84. The third kappa shape index (κ3) is 4.10. The smallest absolute Gasteiger partial charge is 0.240 e. The molecule has 2 aliphatic heterocycles. The summed E-state index contributed by atoms with van der Waals surface area (Å²) in [6.45, 7) is 1.34. The van der Waals surface area contributed by atoms with Crippen LogP contribution in [0.4, 0.5) is 0 Å². The molecule has 2 saturated heterocycles. The van der Waals surface area contributed by atoms with Crippen LogP contribution >= 0.6 is 11.8 Å². The Kier molecular flexibility index (Phi) is 5.68. The zero-order chi connectivity index (χ0) is 14.5. The molecule has 2 rings (SSSR count). The number of nitrogens with zero attached hydrogens (tertiary/aromatic N) is 1. The highest BCUT2D eigenvalue weighted by Gasteiger charge is 2.33. The topological polar surface area (TPSA) is 98.7 Å². The summed E-state index contributed by atoms with van der Waals surface area (Å²) in [5.41, 5.74) is 11.0. The molecule has 3 unspecified atom stereocenters. The van der Waals surface area contributed by atoms with E-state index < -0.39 is 11.9 Å². The van der Waals surface area contributed by atoms with E-state index >= 15 is 0 Å². The molecule has 2 fully saturated rings. The van der Waals surface area contributed by atoms with Crippen LogP contribution in [-0.4, -0.2) is 59.6 Å². The van der Waals surface area contributed by atoms with Gasteiger partial charge in [-0.1, -0.05) is 0 Å². The SMILES string of the molecule is NC(=O)CC(N)C(=O)N(CC1CCCO1)C1CCSC1. The second kappa shape index (κ2) is 7.28. The Balaban J connectivity index is 1.99. The summed E-state index contributed by atoms with van der Waals surface area (Å²) in [6.07, 6.45) is 3.01. The Morgan fingerprint density at radius 1 is 1.40 bits per heavy atom. The molecule has 0 spiro atoms. The van der Waals surface area contributed by atoms with Crippen molar-refractivity contribution in [3.63, 3.8) is 0 Å². The van der Waals surface area contributed by atoms with Crippen LogP contribution in [0.3, 0.4) is 0 Å². The quantitative estimate of drug-likeness (QED) is 0.702. The van der Waals surface area contributed by atoms with Crippen LogP contribution in [0.15, 0.2) is 0 Å². The van der Waals surface area contributed by atoms with Crippen molar-refractivity contribution in [3.05, 3.63) is 0 Å². The third-order valence-electron chi connectivity index (χ3n) is 3.79. The highest BCUT2D eigenvalue weighted by Crippen LogP contribution is 2.25. The number of primary amides is 1. The van der Waals surface area contributed by atoms with Crippen LogP contribution in [0, 0.1) is 0 Å². The minimum absolute atomic E-state index is 0.0965. The second-order valence-corrected chi connectivity index (χ2v) is 6.57. The first-order valence-corrected chi connectivity index (χ1v) is 8.27. The maximum Gasteiger partial charge on any atom is 0.240 e. The zero-order valence-electron chi connectivity index (χ0n) is 11.6. The van der Waals surface area contributed by atoms with Crippen LogP contribution in [0.1, 0.15) is 25.7 Å². The molecule has 2 heterocycles. The predicted octanol–water partition coefficient (Wildman–Crippen LogP) is -0.298. The van der Waals surface area contributed by atoms with Crippen LogP contribution in [0.2, 0.25) is 0 Å². The molecule has 2 aliphatic rings. The summed E-state index contributed by atoms with van der Waals surface area (Å²) in [7, 11) is 0. The fourth-order valence-corrected chi connectivity index (χ4v) is 3.94. The van der Waals surface area contributed by atoms with Gasteiger partial charge in [-0.3, -0.25) is 9.59 Å². The maximum absolute atomic E-state index is 12.5. The number of carbonyl (C=O) groups excluding carboxylic acids is 2. The van der Waals surface area contributed by atoms with E-state index in [1.807, 2.05) is 16.7 Å². The molecule has 0 aromatic rings. The summed E-state index contributed by atoms with van der Waals surface area (Å²) < 4.78 is 5.62. The van der Waals surface area contributed by atoms with Crippen molar-refractivity contribution in [1.29, 1.82) is 0 Å². The highest BCUT2D eigenvalue weighted by molar-refractivity contribution is 7.99. The minimum atomic E-state index is -0.834. The molecule has 20 heavy (non-hydrogen) atoms. The van der Waals surface area contributed by atoms with Gasteiger partial charge in [-0.2, -0.15) is 11.8 Å². The summed E-state index contributed by atoms with van der Waals surface area (Å²) in [4.78, 5) is 25.3. The Hall–Kier alpha value is -0.790. The number of carbonyl (C=O) groups is 2. The van der Waals surface area contributed by atoms with E-state index in [0.717, 1.165) is 37.4 Å². The van der Waals surface area contributed by atoms with Gasteiger partial charge in [-0.25, -0.2) is 0 Å². The van der Waals surface area contributed by atoms with E-state index in [4.69, 9.17) is 16.2 Å². The average molecular weight is 301 g/mol. The molecule has 0 radical (unpaired) electrons. The molecule has 2 amide bonds. The highest BCUT2D eigenvalue weighted by atomic mass is 32.2. The molecule has 114 valence electrons. The van der Waals surface area contributed by atoms with Crippen molar-refractivity contribution in [2.75, 3.05) is 24.7 Å². The van der Waals surface area contributed by atoms with Crippen molar-refractivity contribution < 1.29 is 14.3 Å². The molecule has 0 bridgehead atoms. The Morgan fingerprint density at radius 3 is 2.75 bits per heavy atom. The lowest BCUT2D eigenvalue weighted by Gasteiger charge is -2.32. The normalized spacial score (nSPS) is 27.4. The van der Waals surface area contributed by atoms with Gasteiger partial charge in [0.2, 0.25) is 11.8 Å². The first kappa shape index (κ1) is 15.6. The number of hydrogen-bond acceptors (Lipinski definition) is 5. The van der Waals surface area contributed by atoms with Gasteiger partial charge >= 0.3 is 0 Å². The Labute approximate surface area is 123 Å². The maximum atomic E-state index is 12.5. The minimum Gasteiger partial charge on any atom is -0.376 e. The lowest BCUT2D eigenvalue weighted by Crippen LogP contribution is -2.52. The molecule has 0 saturated carbocycles. The lowest BCUT2D eigenvalue weighted by atomic mass is 10.1. The molecule has 7 heteroatoms. The van der Waals surface area contributed by atoms with Crippen LogP contribution in [-0.2, 0) is 14.3 Å². The Bertz CT molecular complexity index is 355. The number of hydrogen-bond donors (Lipinski definition) is 2. The second-order valence-electron chi connectivity index (χ2n) is 5.42. The molecule has 0 aromatic heterocycles. The standard InChI is InChI=1S/C13H23N3O3S/c14-11(6-12(15)17)13(18)16(9-3-5-20-8-9)7-10-2-1-4-19-10/h9-11H,1-8,14H2,(H2,15,17). The number of amides is 2. The molecule has 0 aromatic carbocycles. The molecular formula is C13H23N3O3S. The van der Waals surface area contributed by atoms with E-state index in [9.17, 15) is 9.59 Å². The van der Waals surface area contributed by atoms with Crippen molar-refractivity contribution in [1.82, 2.24) is 4.90 Å². The third-order valence-corrected chi connectivity index (χ3v) is 4.94. The fourth-order valence-electron chi connectivity index (χ4n) is 2.71. The number of thioether (sulfide) groups is 1. The van der Waals surface area contributed by atoms with E-state index in [1.165, 1.54) is 0 Å². The summed E-state index contributed by atoms with van der Waals surface area (Å²) in [6, 6.07) is -0.630. The lowest BCUT2D eigenvalue weighted by molar-refractivity contribution is -0.138. The zero-order valence-corrected chi connectivity index (χ0v) is 12.4. The largest absolute Gasteiger partial charge is 0.376 e. The number of nitrogens with two attached hydrogens (primary N) is 2. The van der Waals surface area contributed by atoms with Gasteiger partial charge in [0.05, 0.1) is 18.6 Å². The monoisotopic (exact) mass is 301 g/mol. The van der Waals surface area contributed by atoms with Crippen LogP contribution < -0.4 is 11.5 Å². The molecule has 3 atom stereocenters. The molecule has 6 nitrogen and oxygen atoms in total. The van der Waals surface area contributed by atoms with Gasteiger partial charge in [0.25, 0.3) is 0 Å². The summed E-state index contributed by atoms with van der Waals surface area (Å²) in [5.74, 6) is 1.28. The van der Waals surface area contributed by atoms with E-state index in [0.29, 0.717) is 6.54 Å². The van der Waals surface area contributed by atoms with Gasteiger partial charge in [-0.15, -0.1) is 0 Å². The van der Waals surface area contributed by atoms with Crippen LogP contribution in [0.5, 0.6) is 0 Å². The van der Waals surface area contributed by atoms with Gasteiger partial charge in [0.1, 0.15) is 0 Å². The van der Waals surface area contributed by atoms with Crippen molar-refractivity contribution in [2.45, 2.75) is 43.9 Å². The van der Waals surface area contributed by atoms with Crippen LogP contribution in [0.25, 0.3) is 0 Å². The van der Waals surface area contributed by atoms with Gasteiger partial charge in [-0.05, 0) is 25.0 Å². The first-order chi connectivity index (χ1) is 9.58. The average Bonchev–Trinajstić information content (AvgIpc) is 3.07. The van der Waals surface area contributed by atoms with Gasteiger partial charge < -0.3 is 21.1 Å². The molecule has 0 aliphatic carbocycles. The van der Waals surface area contributed by atoms with Gasteiger partial charge in [0, 0.05) is 24.9 Å². The number of ether oxygens (including phenoxy) is 1. The summed E-state index contributed by atoms with van der Waals surface area (Å²) in [5, 5.41) is 0. The van der Waals surface area contributed by atoms with Crippen molar-refractivity contribution in [2.24, 2.45) is 11.5 Å².